The first kappa shape index (κ1) is 13.2. The van der Waals surface area contributed by atoms with Gasteiger partial charge in [0.05, 0.1) is 11.6 Å². The second-order valence-electron chi connectivity index (χ2n) is 4.19. The lowest BCUT2D eigenvalue weighted by Gasteiger charge is -2.06. The van der Waals surface area contributed by atoms with E-state index in [0.717, 1.165) is 5.56 Å². The normalized spacial score (nSPS) is 10.2. The first-order valence-corrected chi connectivity index (χ1v) is 5.82. The molecule has 0 atom stereocenters. The third-order valence-corrected chi connectivity index (χ3v) is 2.63. The second kappa shape index (κ2) is 6.07. The number of hydrogen-bond acceptors (Lipinski definition) is 2. The van der Waals surface area contributed by atoms with Crippen LogP contribution in [0.5, 0.6) is 0 Å². The summed E-state index contributed by atoms with van der Waals surface area (Å²) in [5.74, 6) is -0.710. The van der Waals surface area contributed by atoms with Crippen molar-refractivity contribution in [2.45, 2.75) is 13.1 Å². The van der Waals surface area contributed by atoms with Gasteiger partial charge >= 0.3 is 0 Å². The molecule has 0 saturated heterocycles. The lowest BCUT2D eigenvalue weighted by Crippen LogP contribution is -2.13. The van der Waals surface area contributed by atoms with E-state index in [9.17, 15) is 8.78 Å². The Hall–Kier alpha value is -2.25. The van der Waals surface area contributed by atoms with Crippen molar-refractivity contribution in [3.8, 4) is 6.07 Å². The zero-order chi connectivity index (χ0) is 13.7. The van der Waals surface area contributed by atoms with Crippen LogP contribution in [0.3, 0.4) is 0 Å². The van der Waals surface area contributed by atoms with E-state index >= 15 is 0 Å². The van der Waals surface area contributed by atoms with Gasteiger partial charge in [-0.25, -0.2) is 8.78 Å². The number of hydrogen-bond donors (Lipinski definition) is 1. The van der Waals surface area contributed by atoms with Crippen molar-refractivity contribution in [3.63, 3.8) is 0 Å². The Bertz CT molecular complexity index is 618. The molecule has 1 N–H and O–H groups in total. The number of nitrogens with one attached hydrogen (secondary N) is 1. The molecule has 0 heterocycles. The van der Waals surface area contributed by atoms with Gasteiger partial charge in [0.2, 0.25) is 0 Å². The molecule has 0 spiro atoms. The number of halogens is 2. The van der Waals surface area contributed by atoms with Crippen LogP contribution < -0.4 is 5.32 Å². The molecule has 2 aromatic rings. The summed E-state index contributed by atoms with van der Waals surface area (Å²) in [6, 6.07) is 12.4. The Morgan fingerprint density at radius 3 is 2.42 bits per heavy atom. The van der Waals surface area contributed by atoms with Gasteiger partial charge in [-0.05, 0) is 41.5 Å². The van der Waals surface area contributed by atoms with Gasteiger partial charge in [-0.15, -0.1) is 0 Å². The minimum atomic E-state index is -0.429. The van der Waals surface area contributed by atoms with Crippen LogP contribution in [0.25, 0.3) is 0 Å². The van der Waals surface area contributed by atoms with Crippen LogP contribution in [0.4, 0.5) is 8.78 Å². The standard InChI is InChI=1S/C15H12F2N2/c16-14-3-1-2-11(5-14)9-19-10-13-4-12(8-18)6-15(17)7-13/h1-7,19H,9-10H2. The molecule has 0 saturated carbocycles. The van der Waals surface area contributed by atoms with Gasteiger partial charge in [-0.3, -0.25) is 0 Å². The number of rotatable bonds is 4. The first-order chi connectivity index (χ1) is 9.17. The van der Waals surface area contributed by atoms with Crippen molar-refractivity contribution in [1.82, 2.24) is 5.32 Å². The Morgan fingerprint density at radius 1 is 0.947 bits per heavy atom. The van der Waals surface area contributed by atoms with E-state index in [1.54, 1.807) is 12.1 Å². The Labute approximate surface area is 110 Å². The number of nitrogens with zero attached hydrogens (tertiary/aromatic N) is 1. The SMILES string of the molecule is N#Cc1cc(F)cc(CNCc2cccc(F)c2)c1. The summed E-state index contributed by atoms with van der Waals surface area (Å²) < 4.78 is 26.1. The monoisotopic (exact) mass is 258 g/mol. The molecule has 4 heteroatoms. The molecule has 0 aliphatic carbocycles. The maximum absolute atomic E-state index is 13.2. The quantitative estimate of drug-likeness (QED) is 0.914. The van der Waals surface area contributed by atoms with Crippen LogP contribution in [0.1, 0.15) is 16.7 Å². The maximum atomic E-state index is 13.2. The van der Waals surface area contributed by atoms with E-state index in [2.05, 4.69) is 5.32 Å². The van der Waals surface area contributed by atoms with Crippen LogP contribution in [0.2, 0.25) is 0 Å². The van der Waals surface area contributed by atoms with Crippen molar-refractivity contribution in [1.29, 1.82) is 5.26 Å². The topological polar surface area (TPSA) is 35.8 Å². The van der Waals surface area contributed by atoms with E-state index in [1.165, 1.54) is 24.3 Å². The van der Waals surface area contributed by atoms with Crippen LogP contribution >= 0.6 is 0 Å². The molecule has 96 valence electrons. The van der Waals surface area contributed by atoms with Crippen molar-refractivity contribution in [2.75, 3.05) is 0 Å². The minimum Gasteiger partial charge on any atom is -0.309 e. The summed E-state index contributed by atoms with van der Waals surface area (Å²) in [7, 11) is 0. The molecular formula is C15H12F2N2. The van der Waals surface area contributed by atoms with Crippen LogP contribution in [0, 0.1) is 23.0 Å². The highest BCUT2D eigenvalue weighted by Crippen LogP contribution is 2.09. The Kier molecular flexibility index (Phi) is 4.22. The lowest BCUT2D eigenvalue weighted by atomic mass is 10.1. The van der Waals surface area contributed by atoms with Gasteiger partial charge in [0.25, 0.3) is 0 Å². The molecule has 19 heavy (non-hydrogen) atoms. The summed E-state index contributed by atoms with van der Waals surface area (Å²) in [6.07, 6.45) is 0. The molecule has 2 rings (SSSR count). The van der Waals surface area contributed by atoms with Crippen molar-refractivity contribution >= 4 is 0 Å². The third-order valence-electron chi connectivity index (χ3n) is 2.63. The molecular weight excluding hydrogens is 246 g/mol. The van der Waals surface area contributed by atoms with Crippen molar-refractivity contribution in [3.05, 3.63) is 70.8 Å². The highest BCUT2D eigenvalue weighted by Gasteiger charge is 2.01. The summed E-state index contributed by atoms with van der Waals surface area (Å²) in [4.78, 5) is 0. The van der Waals surface area contributed by atoms with E-state index in [4.69, 9.17) is 5.26 Å². The predicted octanol–water partition coefficient (Wildman–Crippen LogP) is 3.13. The first-order valence-electron chi connectivity index (χ1n) is 5.82. The van der Waals surface area contributed by atoms with Gasteiger partial charge in [0, 0.05) is 13.1 Å². The molecule has 0 bridgehead atoms. The van der Waals surface area contributed by atoms with Gasteiger partial charge in [-0.1, -0.05) is 12.1 Å². The Balaban J connectivity index is 1.96. The fraction of sp³-hybridized carbons (Fsp3) is 0.133. The zero-order valence-corrected chi connectivity index (χ0v) is 10.2. The van der Waals surface area contributed by atoms with Crippen molar-refractivity contribution < 1.29 is 8.78 Å². The van der Waals surface area contributed by atoms with Crippen LogP contribution in [-0.4, -0.2) is 0 Å². The highest BCUT2D eigenvalue weighted by molar-refractivity contribution is 5.33. The average Bonchev–Trinajstić information content (AvgIpc) is 2.38. The smallest absolute Gasteiger partial charge is 0.124 e. The molecule has 2 aromatic carbocycles. The summed E-state index contributed by atoms with van der Waals surface area (Å²) in [5, 5.41) is 11.8. The van der Waals surface area contributed by atoms with Gasteiger partial charge in [0.15, 0.2) is 0 Å². The molecule has 0 radical (unpaired) electrons. The average molecular weight is 258 g/mol. The number of benzene rings is 2. The van der Waals surface area contributed by atoms with E-state index in [-0.39, 0.29) is 5.82 Å². The molecule has 2 nitrogen and oxygen atoms in total. The van der Waals surface area contributed by atoms with Crippen LogP contribution in [0.15, 0.2) is 42.5 Å². The minimum absolute atomic E-state index is 0.281. The van der Waals surface area contributed by atoms with E-state index < -0.39 is 5.82 Å². The number of nitriles is 1. The lowest BCUT2D eigenvalue weighted by molar-refractivity contribution is 0.615. The highest BCUT2D eigenvalue weighted by atomic mass is 19.1. The predicted molar refractivity (Wildman–Crippen MR) is 68.1 cm³/mol. The third kappa shape index (κ3) is 3.87. The van der Waals surface area contributed by atoms with Crippen molar-refractivity contribution in [2.24, 2.45) is 0 Å². The fourth-order valence-corrected chi connectivity index (χ4v) is 1.82. The van der Waals surface area contributed by atoms with E-state index in [1.807, 2.05) is 12.1 Å². The molecule has 0 unspecified atom stereocenters. The summed E-state index contributed by atoms with van der Waals surface area (Å²) in [5.41, 5.74) is 1.80. The molecule has 0 aliphatic heterocycles. The van der Waals surface area contributed by atoms with Gasteiger partial charge < -0.3 is 5.32 Å². The van der Waals surface area contributed by atoms with E-state index in [0.29, 0.717) is 24.2 Å². The molecule has 0 amide bonds. The fourth-order valence-electron chi connectivity index (χ4n) is 1.82. The second-order valence-corrected chi connectivity index (χ2v) is 4.19. The summed E-state index contributed by atoms with van der Waals surface area (Å²) in [6.45, 7) is 0.902. The van der Waals surface area contributed by atoms with Gasteiger partial charge in [0.1, 0.15) is 11.6 Å². The molecule has 0 aromatic heterocycles. The molecule has 0 aliphatic rings. The maximum Gasteiger partial charge on any atom is 0.124 e. The molecule has 0 fully saturated rings. The van der Waals surface area contributed by atoms with Gasteiger partial charge in [-0.2, -0.15) is 5.26 Å². The largest absolute Gasteiger partial charge is 0.309 e. The van der Waals surface area contributed by atoms with Crippen LogP contribution in [-0.2, 0) is 13.1 Å². The zero-order valence-electron chi connectivity index (χ0n) is 10.2. The Morgan fingerprint density at radius 2 is 1.68 bits per heavy atom. The summed E-state index contributed by atoms with van der Waals surface area (Å²) >= 11 is 0.